The maximum Gasteiger partial charge on any atom is 0.157 e. The molecule has 8 heavy (non-hydrogen) atoms. The Balaban J connectivity index is 2.88. The molecule has 1 rings (SSSR count). The fourth-order valence-electron chi connectivity index (χ4n) is 0.373. The van der Waals surface area contributed by atoms with Gasteiger partial charge in [-0.25, -0.2) is 9.98 Å². The first-order valence-corrected chi connectivity index (χ1v) is 2.40. The molecule has 1 aliphatic heterocycles. The molecule has 3 nitrogen and oxygen atoms in total. The zero-order valence-corrected chi connectivity index (χ0v) is 4.76. The molecular formula is C4H4ClN3. The molecule has 0 saturated carbocycles. The second-order valence-electron chi connectivity index (χ2n) is 1.22. The molecule has 1 heterocycles. The average molecular weight is 130 g/mol. The van der Waals surface area contributed by atoms with Gasteiger partial charge in [0.15, 0.2) is 5.17 Å². The van der Waals surface area contributed by atoms with E-state index in [1.807, 2.05) is 0 Å². The lowest BCUT2D eigenvalue weighted by atomic mass is 10.5. The highest BCUT2D eigenvalue weighted by molar-refractivity contribution is 6.70. The van der Waals surface area contributed by atoms with Crippen LogP contribution in [0.5, 0.6) is 0 Å². The third-order valence-corrected chi connectivity index (χ3v) is 1.03. The molecule has 0 aromatic heterocycles. The molecule has 42 valence electrons. The van der Waals surface area contributed by atoms with E-state index in [-0.39, 0.29) is 0 Å². The summed E-state index contributed by atoms with van der Waals surface area (Å²) >= 11 is 5.46. The number of allylic oxidation sites excluding steroid dienone is 1. The smallest absolute Gasteiger partial charge is 0.157 e. The Kier molecular flexibility index (Phi) is 1.30. The number of rotatable bonds is 0. The first-order chi connectivity index (χ1) is 3.84. The summed E-state index contributed by atoms with van der Waals surface area (Å²) < 4.78 is 0. The van der Waals surface area contributed by atoms with Gasteiger partial charge >= 0.3 is 0 Å². The van der Waals surface area contributed by atoms with E-state index < -0.39 is 0 Å². The van der Waals surface area contributed by atoms with Crippen LogP contribution in [0.15, 0.2) is 21.9 Å². The van der Waals surface area contributed by atoms with Crippen LogP contribution in [0.2, 0.25) is 0 Å². The average Bonchev–Trinajstić information content (AvgIpc) is 2.14. The molecule has 0 radical (unpaired) electrons. The summed E-state index contributed by atoms with van der Waals surface area (Å²) in [7, 11) is 0. The van der Waals surface area contributed by atoms with E-state index in [1.54, 1.807) is 0 Å². The molecule has 0 spiro atoms. The van der Waals surface area contributed by atoms with Gasteiger partial charge in [-0.15, -0.1) is 0 Å². The minimum atomic E-state index is 0.354. The first-order valence-electron chi connectivity index (χ1n) is 2.02. The molecule has 0 aliphatic carbocycles. The highest BCUT2D eigenvalue weighted by Gasteiger charge is 2.03. The number of halogens is 1. The van der Waals surface area contributed by atoms with Gasteiger partial charge in [0.25, 0.3) is 0 Å². The van der Waals surface area contributed by atoms with Crippen molar-refractivity contribution in [2.45, 2.75) is 0 Å². The van der Waals surface area contributed by atoms with Crippen molar-refractivity contribution < 1.29 is 0 Å². The summed E-state index contributed by atoms with van der Waals surface area (Å²) in [5.74, 6) is 0. The minimum absolute atomic E-state index is 0.354. The molecule has 0 saturated heterocycles. The maximum absolute atomic E-state index is 5.46. The summed E-state index contributed by atoms with van der Waals surface area (Å²) in [6.45, 7) is 0. The predicted molar refractivity (Wildman–Crippen MR) is 34.1 cm³/mol. The second kappa shape index (κ2) is 1.96. The summed E-state index contributed by atoms with van der Waals surface area (Å²) in [5, 5.41) is 0.354. The van der Waals surface area contributed by atoms with Gasteiger partial charge in [0.05, 0.1) is 0 Å². The molecule has 0 amide bonds. The number of nitrogens with two attached hydrogens (primary N) is 1. The number of nitrogens with zero attached hydrogens (tertiary/aromatic N) is 2. The van der Waals surface area contributed by atoms with E-state index in [1.165, 1.54) is 12.5 Å². The number of aliphatic imine (C=N–C) groups is 2. The fraction of sp³-hybridized carbons (Fsp3) is 0. The molecule has 0 aromatic rings. The topological polar surface area (TPSA) is 50.7 Å². The van der Waals surface area contributed by atoms with Crippen molar-refractivity contribution in [1.29, 1.82) is 0 Å². The van der Waals surface area contributed by atoms with Gasteiger partial charge < -0.3 is 5.73 Å². The van der Waals surface area contributed by atoms with Crippen molar-refractivity contribution in [3.05, 3.63) is 11.9 Å². The first kappa shape index (κ1) is 5.31. The summed E-state index contributed by atoms with van der Waals surface area (Å²) in [6, 6.07) is 0. The molecule has 4 heteroatoms. The van der Waals surface area contributed by atoms with Crippen molar-refractivity contribution in [1.82, 2.24) is 0 Å². The molecule has 0 atom stereocenters. The standard InChI is InChI=1S/C4H4ClN3/c5-4-3(1-6)7-2-8-4/h1-2H,6H2/b3-1-. The van der Waals surface area contributed by atoms with Gasteiger partial charge in [0.1, 0.15) is 12.0 Å². The van der Waals surface area contributed by atoms with Crippen LogP contribution in [0.25, 0.3) is 0 Å². The molecule has 0 aromatic carbocycles. The van der Waals surface area contributed by atoms with Crippen LogP contribution in [0, 0.1) is 0 Å². The third kappa shape index (κ3) is 0.721. The second-order valence-corrected chi connectivity index (χ2v) is 1.57. The molecular weight excluding hydrogens is 126 g/mol. The zero-order valence-electron chi connectivity index (χ0n) is 4.00. The van der Waals surface area contributed by atoms with Crippen LogP contribution < -0.4 is 5.73 Å². The van der Waals surface area contributed by atoms with Gasteiger partial charge in [-0.05, 0) is 0 Å². The van der Waals surface area contributed by atoms with Gasteiger partial charge in [-0.1, -0.05) is 11.6 Å². The summed E-state index contributed by atoms with van der Waals surface area (Å²) in [5.41, 5.74) is 5.62. The summed E-state index contributed by atoms with van der Waals surface area (Å²) in [6.07, 6.45) is 2.68. The lowest BCUT2D eigenvalue weighted by Crippen LogP contribution is -1.89. The SMILES string of the molecule is N/C=C1\N=CN=C1Cl. The normalized spacial score (nSPS) is 22.1. The van der Waals surface area contributed by atoms with Gasteiger partial charge in [-0.2, -0.15) is 0 Å². The largest absolute Gasteiger partial charge is 0.403 e. The quantitative estimate of drug-likeness (QED) is 0.508. The van der Waals surface area contributed by atoms with Crippen LogP contribution in [0.3, 0.4) is 0 Å². The van der Waals surface area contributed by atoms with Crippen LogP contribution in [-0.2, 0) is 0 Å². The molecule has 0 fully saturated rings. The zero-order chi connectivity index (χ0) is 5.98. The Labute approximate surface area is 51.6 Å². The van der Waals surface area contributed by atoms with Crippen LogP contribution in [0.1, 0.15) is 0 Å². The lowest BCUT2D eigenvalue weighted by Gasteiger charge is -1.83. The van der Waals surface area contributed by atoms with E-state index in [9.17, 15) is 0 Å². The lowest BCUT2D eigenvalue weighted by molar-refractivity contribution is 1.44. The van der Waals surface area contributed by atoms with E-state index >= 15 is 0 Å². The van der Waals surface area contributed by atoms with Crippen LogP contribution in [0.4, 0.5) is 0 Å². The van der Waals surface area contributed by atoms with Gasteiger partial charge in [0, 0.05) is 6.20 Å². The van der Waals surface area contributed by atoms with E-state index in [0.29, 0.717) is 10.9 Å². The Morgan fingerprint density at radius 2 is 2.50 bits per heavy atom. The van der Waals surface area contributed by atoms with E-state index in [2.05, 4.69) is 9.98 Å². The van der Waals surface area contributed by atoms with Crippen molar-refractivity contribution in [2.75, 3.05) is 0 Å². The van der Waals surface area contributed by atoms with Crippen molar-refractivity contribution in [3.8, 4) is 0 Å². The Morgan fingerprint density at radius 1 is 1.75 bits per heavy atom. The highest BCUT2D eigenvalue weighted by atomic mass is 35.5. The maximum atomic E-state index is 5.46. The van der Waals surface area contributed by atoms with Crippen LogP contribution in [-0.4, -0.2) is 11.5 Å². The summed E-state index contributed by atoms with van der Waals surface area (Å²) in [4.78, 5) is 7.34. The minimum Gasteiger partial charge on any atom is -0.403 e. The Hall–Kier alpha value is -0.830. The molecule has 1 aliphatic rings. The van der Waals surface area contributed by atoms with Crippen molar-refractivity contribution >= 4 is 23.1 Å². The fourth-order valence-corrected chi connectivity index (χ4v) is 0.528. The monoisotopic (exact) mass is 129 g/mol. The highest BCUT2D eigenvalue weighted by Crippen LogP contribution is 2.06. The molecule has 0 bridgehead atoms. The van der Waals surface area contributed by atoms with Gasteiger partial charge in [0.2, 0.25) is 0 Å². The van der Waals surface area contributed by atoms with Crippen LogP contribution >= 0.6 is 11.6 Å². The Bertz CT molecular complexity index is 180. The van der Waals surface area contributed by atoms with Crippen molar-refractivity contribution in [2.24, 2.45) is 15.7 Å². The molecule has 0 unspecified atom stereocenters. The Morgan fingerprint density at radius 3 is 2.75 bits per heavy atom. The van der Waals surface area contributed by atoms with Crippen molar-refractivity contribution in [3.63, 3.8) is 0 Å². The van der Waals surface area contributed by atoms with Gasteiger partial charge in [-0.3, -0.25) is 0 Å². The molecule has 2 N–H and O–H groups in total. The number of hydrogen-bond donors (Lipinski definition) is 1. The predicted octanol–water partition coefficient (Wildman–Crippen LogP) is 0.466. The third-order valence-electron chi connectivity index (χ3n) is 0.737. The number of hydrogen-bond acceptors (Lipinski definition) is 3. The van der Waals surface area contributed by atoms with E-state index in [4.69, 9.17) is 17.3 Å². The van der Waals surface area contributed by atoms with E-state index in [0.717, 1.165) is 0 Å².